The fraction of sp³-hybridized carbons (Fsp3) is 0.375. The van der Waals surface area contributed by atoms with Gasteiger partial charge in [0.05, 0.1) is 0 Å². The Kier molecular flexibility index (Phi) is 3.85. The number of imidazole rings is 1. The highest BCUT2D eigenvalue weighted by atomic mass is 16.6. The van der Waals surface area contributed by atoms with Crippen LogP contribution in [0.2, 0.25) is 0 Å². The van der Waals surface area contributed by atoms with Crippen LogP contribution in [0.3, 0.4) is 0 Å². The quantitative estimate of drug-likeness (QED) is 0.640. The molecule has 7 nitrogen and oxygen atoms in total. The lowest BCUT2D eigenvalue weighted by Gasteiger charge is -2.33. The number of likely N-dealkylation sites (tertiary alicyclic amines) is 1. The molecule has 0 radical (unpaired) electrons. The third-order valence-electron chi connectivity index (χ3n) is 4.42. The van der Waals surface area contributed by atoms with Crippen LogP contribution in [-0.2, 0) is 10.3 Å². The number of benzene rings is 1. The average Bonchev–Trinajstić information content (AvgIpc) is 3.25. The summed E-state index contributed by atoms with van der Waals surface area (Å²) in [7, 11) is 0. The van der Waals surface area contributed by atoms with Crippen molar-refractivity contribution in [1.29, 1.82) is 0 Å². The minimum Gasteiger partial charge on any atom is -0.358 e. The first-order valence-corrected chi connectivity index (χ1v) is 7.57. The molecule has 1 saturated heterocycles. The molecule has 0 spiro atoms. The Morgan fingerprint density at radius 1 is 1.26 bits per heavy atom. The van der Waals surface area contributed by atoms with Crippen LogP contribution in [-0.4, -0.2) is 38.4 Å². The molecule has 2 heterocycles. The van der Waals surface area contributed by atoms with Gasteiger partial charge in [-0.15, -0.1) is 0 Å². The van der Waals surface area contributed by atoms with E-state index >= 15 is 0 Å². The van der Waals surface area contributed by atoms with E-state index in [-0.39, 0.29) is 11.7 Å². The Balaban J connectivity index is 2.09. The summed E-state index contributed by atoms with van der Waals surface area (Å²) in [5.74, 6) is -0.324. The maximum absolute atomic E-state index is 13.2. The largest absolute Gasteiger partial charge is 0.381 e. The monoisotopic (exact) mass is 314 g/mol. The van der Waals surface area contributed by atoms with Crippen molar-refractivity contribution in [2.45, 2.75) is 25.3 Å². The first-order chi connectivity index (χ1) is 11.0. The molecule has 1 aliphatic rings. The number of hydrogen-bond donors (Lipinski definition) is 0. The highest BCUT2D eigenvalue weighted by Gasteiger charge is 2.42. The van der Waals surface area contributed by atoms with Crippen LogP contribution in [0.25, 0.3) is 0 Å². The number of nitro groups is 1. The van der Waals surface area contributed by atoms with Crippen molar-refractivity contribution in [3.8, 4) is 0 Å². The molecule has 23 heavy (non-hydrogen) atoms. The van der Waals surface area contributed by atoms with Crippen LogP contribution in [0.1, 0.15) is 25.3 Å². The van der Waals surface area contributed by atoms with Gasteiger partial charge in [0.25, 0.3) is 5.91 Å². The second-order valence-electron chi connectivity index (χ2n) is 5.83. The lowest BCUT2D eigenvalue weighted by molar-refractivity contribution is -0.389. The molecule has 0 N–H and O–H groups in total. The van der Waals surface area contributed by atoms with Crippen molar-refractivity contribution < 1.29 is 9.72 Å². The van der Waals surface area contributed by atoms with Gasteiger partial charge in [0.1, 0.15) is 11.7 Å². The topological polar surface area (TPSA) is 81.3 Å². The zero-order valence-electron chi connectivity index (χ0n) is 12.9. The summed E-state index contributed by atoms with van der Waals surface area (Å²) < 4.78 is 1.54. The number of carbonyl (C=O) groups is 1. The van der Waals surface area contributed by atoms with Gasteiger partial charge in [0.15, 0.2) is 0 Å². The molecule has 120 valence electrons. The smallest absolute Gasteiger partial charge is 0.358 e. The average molecular weight is 314 g/mol. The maximum Gasteiger partial charge on any atom is 0.381 e. The molecule has 0 aliphatic carbocycles. The first-order valence-electron chi connectivity index (χ1n) is 7.57. The van der Waals surface area contributed by atoms with E-state index < -0.39 is 10.5 Å². The second kappa shape index (κ2) is 5.83. The number of nitrogens with zero attached hydrogens (tertiary/aromatic N) is 4. The van der Waals surface area contributed by atoms with Gasteiger partial charge in [0, 0.05) is 13.1 Å². The van der Waals surface area contributed by atoms with E-state index in [0.29, 0.717) is 0 Å². The Bertz CT molecular complexity index is 722. The highest BCUT2D eigenvalue weighted by molar-refractivity contribution is 5.88. The molecule has 1 amide bonds. The van der Waals surface area contributed by atoms with Crippen molar-refractivity contribution in [2.24, 2.45) is 0 Å². The summed E-state index contributed by atoms with van der Waals surface area (Å²) >= 11 is 0. The number of carbonyl (C=O) groups excluding carboxylic acids is 1. The van der Waals surface area contributed by atoms with Gasteiger partial charge in [-0.05, 0) is 35.2 Å². The Labute approximate surface area is 133 Å². The lowest BCUT2D eigenvalue weighted by Crippen LogP contribution is -2.48. The van der Waals surface area contributed by atoms with E-state index in [2.05, 4.69) is 4.98 Å². The summed E-state index contributed by atoms with van der Waals surface area (Å²) in [5.41, 5.74) is -0.267. The molecular weight excluding hydrogens is 296 g/mol. The van der Waals surface area contributed by atoms with E-state index in [1.54, 1.807) is 11.5 Å². The molecule has 1 fully saturated rings. The van der Waals surface area contributed by atoms with Crippen molar-refractivity contribution in [3.63, 3.8) is 0 Å². The zero-order valence-corrected chi connectivity index (χ0v) is 12.9. The molecule has 1 aromatic heterocycles. The third kappa shape index (κ3) is 2.58. The molecule has 7 heteroatoms. The summed E-state index contributed by atoms with van der Waals surface area (Å²) in [6, 6.07) is 9.31. The van der Waals surface area contributed by atoms with E-state index in [4.69, 9.17) is 0 Å². The Morgan fingerprint density at radius 2 is 1.91 bits per heavy atom. The predicted octanol–water partition coefficient (Wildman–Crippen LogP) is 2.18. The van der Waals surface area contributed by atoms with Gasteiger partial charge < -0.3 is 15.0 Å². The normalized spacial score (nSPS) is 17.0. The molecule has 1 atom stereocenters. The molecule has 0 bridgehead atoms. The van der Waals surface area contributed by atoms with Crippen LogP contribution in [0.15, 0.2) is 42.9 Å². The van der Waals surface area contributed by atoms with E-state index in [1.807, 2.05) is 35.2 Å². The SMILES string of the molecule is CC(C(=O)N1CCCC1)(c1ccccc1)n1cnc([N+](=O)[O-])c1. The van der Waals surface area contributed by atoms with Crippen molar-refractivity contribution in [1.82, 2.24) is 14.5 Å². The predicted molar refractivity (Wildman–Crippen MR) is 83.9 cm³/mol. The molecule has 1 aromatic carbocycles. The van der Waals surface area contributed by atoms with Crippen LogP contribution >= 0.6 is 0 Å². The van der Waals surface area contributed by atoms with Crippen molar-refractivity contribution in [3.05, 3.63) is 58.5 Å². The second-order valence-corrected chi connectivity index (χ2v) is 5.83. The minimum absolute atomic E-state index is 0.0616. The molecule has 3 rings (SSSR count). The van der Waals surface area contributed by atoms with E-state index in [9.17, 15) is 14.9 Å². The van der Waals surface area contributed by atoms with Gasteiger partial charge in [0.2, 0.25) is 6.33 Å². The van der Waals surface area contributed by atoms with Crippen LogP contribution in [0.5, 0.6) is 0 Å². The minimum atomic E-state index is -1.05. The molecule has 1 aliphatic heterocycles. The summed E-state index contributed by atoms with van der Waals surface area (Å²) in [6.45, 7) is 3.23. The summed E-state index contributed by atoms with van der Waals surface area (Å²) in [4.78, 5) is 29.2. The molecular formula is C16H18N4O3. The van der Waals surface area contributed by atoms with Crippen LogP contribution in [0, 0.1) is 10.1 Å². The fourth-order valence-electron chi connectivity index (χ4n) is 3.03. The Morgan fingerprint density at radius 3 is 2.48 bits per heavy atom. The van der Waals surface area contributed by atoms with Crippen LogP contribution in [0.4, 0.5) is 5.82 Å². The van der Waals surface area contributed by atoms with Gasteiger partial charge >= 0.3 is 5.82 Å². The van der Waals surface area contributed by atoms with Crippen molar-refractivity contribution in [2.75, 3.05) is 13.1 Å². The first kappa shape index (κ1) is 15.2. The number of aromatic nitrogens is 2. The van der Waals surface area contributed by atoms with Gasteiger partial charge in [-0.25, -0.2) is 0 Å². The molecule has 0 saturated carbocycles. The van der Waals surface area contributed by atoms with Gasteiger partial charge in [-0.2, -0.15) is 0 Å². The zero-order chi connectivity index (χ0) is 16.4. The standard InChI is InChI=1S/C16H18N4O3/c1-16(13-7-3-2-4-8-13,15(21)18-9-5-6-10-18)19-11-14(17-12-19)20(22)23/h2-4,7-8,11-12H,5-6,9-10H2,1H3. The molecule has 2 aromatic rings. The lowest BCUT2D eigenvalue weighted by atomic mass is 9.90. The number of amides is 1. The van der Waals surface area contributed by atoms with Crippen molar-refractivity contribution >= 4 is 11.7 Å². The van der Waals surface area contributed by atoms with Gasteiger partial charge in [-0.1, -0.05) is 30.3 Å². The summed E-state index contributed by atoms with van der Waals surface area (Å²) in [5, 5.41) is 10.9. The van der Waals surface area contributed by atoms with Gasteiger partial charge in [-0.3, -0.25) is 9.36 Å². The maximum atomic E-state index is 13.2. The third-order valence-corrected chi connectivity index (χ3v) is 4.42. The van der Waals surface area contributed by atoms with E-state index in [0.717, 1.165) is 31.5 Å². The van der Waals surface area contributed by atoms with E-state index in [1.165, 1.54) is 12.5 Å². The fourth-order valence-corrected chi connectivity index (χ4v) is 3.03. The number of rotatable bonds is 4. The summed E-state index contributed by atoms with van der Waals surface area (Å²) in [6.07, 6.45) is 4.65. The number of hydrogen-bond acceptors (Lipinski definition) is 4. The highest BCUT2D eigenvalue weighted by Crippen LogP contribution is 2.31. The van der Waals surface area contributed by atoms with Crippen LogP contribution < -0.4 is 0 Å². The Hall–Kier alpha value is -2.70. The molecule has 1 unspecified atom stereocenters.